The topological polar surface area (TPSA) is 3.24 Å². The molecule has 1 heteroatoms. The molecular weight excluding hydrogens is 194 g/mol. The summed E-state index contributed by atoms with van der Waals surface area (Å²) in [7, 11) is 0. The average molecular weight is 217 g/mol. The maximum Gasteiger partial charge on any atom is 0.0370 e. The molecule has 0 atom stereocenters. The van der Waals surface area contributed by atoms with E-state index in [1.807, 2.05) is 0 Å². The van der Waals surface area contributed by atoms with E-state index in [0.717, 1.165) is 6.54 Å². The molecule has 0 radical (unpaired) electrons. The molecule has 2 rings (SSSR count). The van der Waals surface area contributed by atoms with E-state index in [1.165, 1.54) is 18.5 Å². The van der Waals surface area contributed by atoms with Gasteiger partial charge in [-0.15, -0.1) is 0 Å². The highest BCUT2D eigenvalue weighted by Gasteiger charge is 2.37. The van der Waals surface area contributed by atoms with Gasteiger partial charge in [0.1, 0.15) is 0 Å². The molecule has 0 aliphatic carbocycles. The summed E-state index contributed by atoms with van der Waals surface area (Å²) in [6, 6.07) is 10.8. The van der Waals surface area contributed by atoms with E-state index in [0.29, 0.717) is 5.41 Å². The van der Waals surface area contributed by atoms with Gasteiger partial charge < -0.3 is 4.90 Å². The largest absolute Gasteiger partial charge is 0.366 e. The van der Waals surface area contributed by atoms with Gasteiger partial charge in [0.2, 0.25) is 0 Å². The Hall–Kier alpha value is -0.980. The Morgan fingerprint density at radius 1 is 0.938 bits per heavy atom. The minimum absolute atomic E-state index is 0.289. The van der Waals surface area contributed by atoms with Crippen LogP contribution in [0.2, 0.25) is 0 Å². The lowest BCUT2D eigenvalue weighted by atomic mass is 9.76. The second kappa shape index (κ2) is 3.80. The molecular formula is C15H23N. The van der Waals surface area contributed by atoms with Crippen LogP contribution < -0.4 is 4.90 Å². The Balaban J connectivity index is 2.30. The van der Waals surface area contributed by atoms with Gasteiger partial charge in [-0.3, -0.25) is 0 Å². The summed E-state index contributed by atoms with van der Waals surface area (Å²) >= 11 is 0. The monoisotopic (exact) mass is 217 g/mol. The molecule has 1 aliphatic heterocycles. The summed E-state index contributed by atoms with van der Waals surface area (Å²) in [4.78, 5) is 2.57. The summed E-state index contributed by atoms with van der Waals surface area (Å²) < 4.78 is 0. The Labute approximate surface area is 99.5 Å². The molecule has 0 amide bonds. The van der Waals surface area contributed by atoms with Crippen LogP contribution in [-0.4, -0.2) is 12.1 Å². The van der Waals surface area contributed by atoms with Crippen LogP contribution in [0, 0.1) is 5.41 Å². The minimum atomic E-state index is 0.289. The normalized spacial score (nSPS) is 23.1. The molecule has 0 N–H and O–H groups in total. The van der Waals surface area contributed by atoms with Crippen LogP contribution in [0.4, 0.5) is 5.69 Å². The van der Waals surface area contributed by atoms with E-state index >= 15 is 0 Å². The highest BCUT2D eigenvalue weighted by atomic mass is 15.2. The third-order valence-corrected chi connectivity index (χ3v) is 3.80. The van der Waals surface area contributed by atoms with Gasteiger partial charge in [-0.05, 0) is 44.2 Å². The Kier molecular flexibility index (Phi) is 2.73. The van der Waals surface area contributed by atoms with Crippen molar-refractivity contribution in [2.24, 2.45) is 5.41 Å². The fraction of sp³-hybridized carbons (Fsp3) is 0.600. The molecule has 0 bridgehead atoms. The zero-order valence-corrected chi connectivity index (χ0v) is 11.0. The molecule has 1 aliphatic rings. The molecule has 1 saturated heterocycles. The Bertz CT molecular complexity index is 351. The van der Waals surface area contributed by atoms with Crippen LogP contribution in [0.3, 0.4) is 0 Å². The molecule has 1 nitrogen and oxygen atoms in total. The Morgan fingerprint density at radius 3 is 2.19 bits per heavy atom. The van der Waals surface area contributed by atoms with Gasteiger partial charge in [0, 0.05) is 17.8 Å². The van der Waals surface area contributed by atoms with E-state index in [2.05, 4.69) is 62.9 Å². The first-order chi connectivity index (χ1) is 7.41. The number of hydrogen-bond donors (Lipinski definition) is 0. The molecule has 0 spiro atoms. The smallest absolute Gasteiger partial charge is 0.0370 e. The summed E-state index contributed by atoms with van der Waals surface area (Å²) in [6.07, 6.45) is 2.60. The maximum absolute atomic E-state index is 2.57. The van der Waals surface area contributed by atoms with Gasteiger partial charge in [-0.25, -0.2) is 0 Å². The van der Waals surface area contributed by atoms with E-state index in [4.69, 9.17) is 0 Å². The molecule has 88 valence electrons. The van der Waals surface area contributed by atoms with E-state index in [9.17, 15) is 0 Å². The van der Waals surface area contributed by atoms with Crippen molar-refractivity contribution in [3.05, 3.63) is 30.3 Å². The summed E-state index contributed by atoms with van der Waals surface area (Å²) in [5, 5.41) is 0. The van der Waals surface area contributed by atoms with Crippen molar-refractivity contribution < 1.29 is 0 Å². The van der Waals surface area contributed by atoms with Gasteiger partial charge in [0.05, 0.1) is 0 Å². The van der Waals surface area contributed by atoms with E-state index in [-0.39, 0.29) is 5.54 Å². The van der Waals surface area contributed by atoms with E-state index in [1.54, 1.807) is 0 Å². The zero-order valence-electron chi connectivity index (χ0n) is 11.0. The molecule has 16 heavy (non-hydrogen) atoms. The quantitative estimate of drug-likeness (QED) is 0.685. The van der Waals surface area contributed by atoms with Gasteiger partial charge in [-0.2, -0.15) is 0 Å². The summed E-state index contributed by atoms with van der Waals surface area (Å²) in [5.41, 5.74) is 2.09. The number of para-hydroxylation sites is 1. The van der Waals surface area contributed by atoms with Gasteiger partial charge in [0.15, 0.2) is 0 Å². The van der Waals surface area contributed by atoms with Crippen molar-refractivity contribution >= 4 is 5.69 Å². The second-order valence-electron chi connectivity index (χ2n) is 6.40. The number of nitrogens with zero attached hydrogens (tertiary/aromatic N) is 1. The number of benzene rings is 1. The average Bonchev–Trinajstić information content (AvgIpc) is 2.24. The van der Waals surface area contributed by atoms with Gasteiger partial charge >= 0.3 is 0 Å². The molecule has 1 fully saturated rings. The van der Waals surface area contributed by atoms with Crippen molar-refractivity contribution in [1.29, 1.82) is 0 Å². The Morgan fingerprint density at radius 2 is 1.56 bits per heavy atom. The van der Waals surface area contributed by atoms with Crippen molar-refractivity contribution in [3.8, 4) is 0 Å². The lowest BCUT2D eigenvalue weighted by Gasteiger charge is -2.50. The second-order valence-corrected chi connectivity index (χ2v) is 6.40. The summed E-state index contributed by atoms with van der Waals surface area (Å²) in [5.74, 6) is 0. The van der Waals surface area contributed by atoms with Crippen LogP contribution >= 0.6 is 0 Å². The first kappa shape index (κ1) is 11.5. The number of anilines is 1. The fourth-order valence-corrected chi connectivity index (χ4v) is 2.55. The zero-order chi connectivity index (χ0) is 11.8. The molecule has 0 saturated carbocycles. The maximum atomic E-state index is 2.57. The molecule has 1 aromatic carbocycles. The first-order valence-electron chi connectivity index (χ1n) is 6.23. The van der Waals surface area contributed by atoms with Crippen LogP contribution in [0.1, 0.15) is 40.5 Å². The minimum Gasteiger partial charge on any atom is -0.366 e. The SMILES string of the molecule is CC1(C)CCC(C)(C)N(c2ccccc2)C1. The van der Waals surface area contributed by atoms with Crippen LogP contribution in [0.5, 0.6) is 0 Å². The van der Waals surface area contributed by atoms with Crippen molar-refractivity contribution in [1.82, 2.24) is 0 Å². The third kappa shape index (κ3) is 2.23. The molecule has 1 heterocycles. The van der Waals surface area contributed by atoms with Crippen LogP contribution in [0.15, 0.2) is 30.3 Å². The molecule has 0 aromatic heterocycles. The van der Waals surface area contributed by atoms with Crippen molar-refractivity contribution in [2.75, 3.05) is 11.4 Å². The van der Waals surface area contributed by atoms with Crippen molar-refractivity contribution in [3.63, 3.8) is 0 Å². The number of piperidine rings is 1. The lowest BCUT2D eigenvalue weighted by Crippen LogP contribution is -2.53. The van der Waals surface area contributed by atoms with Gasteiger partial charge in [-0.1, -0.05) is 32.0 Å². The van der Waals surface area contributed by atoms with Crippen molar-refractivity contribution in [2.45, 2.75) is 46.1 Å². The lowest BCUT2D eigenvalue weighted by molar-refractivity contribution is 0.214. The predicted octanol–water partition coefficient (Wildman–Crippen LogP) is 4.09. The first-order valence-corrected chi connectivity index (χ1v) is 6.23. The number of rotatable bonds is 1. The third-order valence-electron chi connectivity index (χ3n) is 3.80. The summed E-state index contributed by atoms with van der Waals surface area (Å²) in [6.45, 7) is 10.6. The highest BCUT2D eigenvalue weighted by Crippen LogP contribution is 2.40. The number of hydrogen-bond acceptors (Lipinski definition) is 1. The standard InChI is InChI=1S/C15H23N/c1-14(2)10-11-15(3,4)16(12-14)13-8-6-5-7-9-13/h5-9H,10-12H2,1-4H3. The van der Waals surface area contributed by atoms with Crippen LogP contribution in [0.25, 0.3) is 0 Å². The molecule has 0 unspecified atom stereocenters. The highest BCUT2D eigenvalue weighted by molar-refractivity contribution is 5.49. The van der Waals surface area contributed by atoms with Crippen LogP contribution in [-0.2, 0) is 0 Å². The van der Waals surface area contributed by atoms with Gasteiger partial charge in [0.25, 0.3) is 0 Å². The fourth-order valence-electron chi connectivity index (χ4n) is 2.55. The molecule has 1 aromatic rings. The van der Waals surface area contributed by atoms with E-state index < -0.39 is 0 Å². The predicted molar refractivity (Wildman–Crippen MR) is 70.9 cm³/mol.